The summed E-state index contributed by atoms with van der Waals surface area (Å²) in [7, 11) is -9.28. The molecule has 25 heteroatoms. The van der Waals surface area contributed by atoms with Crippen molar-refractivity contribution in [2.24, 2.45) is 0 Å². The van der Waals surface area contributed by atoms with E-state index in [0.717, 1.165) is 0 Å². The fraction of sp³-hybridized carbons (Fsp3) is 0.500. The predicted molar refractivity (Wildman–Crippen MR) is 115 cm³/mol. The molecule has 2 aromatic heterocycles. The van der Waals surface area contributed by atoms with Crippen LogP contribution >= 0.6 is 22.4 Å². The van der Waals surface area contributed by atoms with Gasteiger partial charge in [0.1, 0.15) is 18.3 Å². The summed E-state index contributed by atoms with van der Waals surface area (Å²) in [6.07, 6.45) is -3.21. The largest absolute Gasteiger partial charge is 0.466 e. The maximum absolute atomic E-state index is 11.7. The Bertz CT molecular complexity index is 1080. The first-order valence-electron chi connectivity index (χ1n) is 8.22. The number of aromatic nitrogens is 4. The van der Waals surface area contributed by atoms with Gasteiger partial charge in [-0.25, -0.2) is 14.1 Å². The number of imidazole rings is 1. The standard InChI is InChI=1S/C10H13N5O5.2H3O4P.H3O3PS/c11-10-13-7-4(8(19)14-10)12-2-15(7)9-6(18)5(17)3(1-16)20-9;2*1-5(2,3)4;1-4(2,3)5/h2-3,5-6,9,16-18H,1H2,(H3,11,13,14,19);2*(H3,1,2,3,4);(H3,1,2,3,5)/t3-,5-,6-,9-;;;/m1.../s1. The lowest BCUT2D eigenvalue weighted by atomic mass is 10.1. The van der Waals surface area contributed by atoms with E-state index in [0.29, 0.717) is 0 Å². The van der Waals surface area contributed by atoms with Crippen LogP contribution in [0.2, 0.25) is 0 Å². The number of rotatable bonds is 2. The van der Waals surface area contributed by atoms with Gasteiger partial charge in [0.25, 0.3) is 5.56 Å². The number of nitrogens with zero attached hydrogens (tertiary/aromatic N) is 3. The van der Waals surface area contributed by atoms with Gasteiger partial charge in [0, 0.05) is 0 Å². The van der Waals surface area contributed by atoms with Crippen molar-refractivity contribution in [3.8, 4) is 0 Å². The number of hydrogen-bond acceptors (Lipinski definition) is 11. The molecule has 0 aromatic carbocycles. The second-order valence-corrected chi connectivity index (χ2v) is 10.6. The first-order valence-corrected chi connectivity index (χ1v) is 14.0. The van der Waals surface area contributed by atoms with Gasteiger partial charge >= 0.3 is 22.4 Å². The van der Waals surface area contributed by atoms with Crippen molar-refractivity contribution in [2.45, 2.75) is 24.5 Å². The third kappa shape index (κ3) is 14.8. The van der Waals surface area contributed by atoms with Crippen molar-refractivity contribution in [1.29, 1.82) is 0 Å². The van der Waals surface area contributed by atoms with Gasteiger partial charge in [0.15, 0.2) is 17.4 Å². The van der Waals surface area contributed by atoms with Crippen LogP contribution in [0.1, 0.15) is 6.23 Å². The number of aliphatic hydroxyl groups is 3. The smallest absolute Gasteiger partial charge is 0.394 e. The molecule has 2 aromatic rings. The Morgan fingerprint density at radius 1 is 1.03 bits per heavy atom. The highest BCUT2D eigenvalue weighted by Gasteiger charge is 2.44. The Balaban J connectivity index is 0.000000635. The maximum Gasteiger partial charge on any atom is 0.466 e. The Morgan fingerprint density at radius 2 is 1.46 bits per heavy atom. The molecule has 15 N–H and O–H groups in total. The van der Waals surface area contributed by atoms with Gasteiger partial charge in [0.2, 0.25) is 5.95 Å². The fourth-order valence-electron chi connectivity index (χ4n) is 2.24. The van der Waals surface area contributed by atoms with Crippen molar-refractivity contribution in [3.63, 3.8) is 0 Å². The van der Waals surface area contributed by atoms with Crippen molar-refractivity contribution < 1.29 is 73.2 Å². The van der Waals surface area contributed by atoms with Crippen LogP contribution in [0.5, 0.6) is 0 Å². The molecule has 0 amide bonds. The average molecular weight is 593 g/mol. The molecule has 0 bridgehead atoms. The van der Waals surface area contributed by atoms with Gasteiger partial charge in [-0.05, 0) is 11.8 Å². The van der Waals surface area contributed by atoms with Gasteiger partial charge in [-0.2, -0.15) is 4.98 Å². The number of fused-ring (bicyclic) bond motifs is 1. The van der Waals surface area contributed by atoms with Crippen LogP contribution in [-0.2, 0) is 25.7 Å². The molecule has 0 saturated carbocycles. The molecule has 3 rings (SSSR count). The van der Waals surface area contributed by atoms with Gasteiger partial charge in [-0.15, -0.1) is 0 Å². The highest BCUT2D eigenvalue weighted by molar-refractivity contribution is 8.06. The number of nitrogens with one attached hydrogen (secondary N) is 1. The van der Waals surface area contributed by atoms with Crippen LogP contribution in [0.25, 0.3) is 11.2 Å². The summed E-state index contributed by atoms with van der Waals surface area (Å²) >= 11 is 3.60. The normalized spacial score (nSPS) is 22.3. The number of anilines is 1. The molecule has 204 valence electrons. The van der Waals surface area contributed by atoms with Crippen LogP contribution in [0.4, 0.5) is 5.95 Å². The van der Waals surface area contributed by atoms with Gasteiger partial charge < -0.3 is 69.8 Å². The molecule has 4 atom stereocenters. The Kier molecular flexibility index (Phi) is 12.9. The first-order chi connectivity index (χ1) is 15.5. The number of aliphatic hydroxyl groups excluding tert-OH is 3. The molecule has 0 aliphatic carbocycles. The number of nitrogens with two attached hydrogens (primary N) is 1. The minimum atomic E-state index is -4.64. The molecule has 1 saturated heterocycles. The topological polar surface area (TPSA) is 376 Å². The van der Waals surface area contributed by atoms with Crippen LogP contribution in [0.3, 0.4) is 0 Å². The second-order valence-electron chi connectivity index (χ2n) is 6.04. The predicted octanol–water partition coefficient (Wildman–Crippen LogP) is -5.36. The lowest BCUT2D eigenvalue weighted by Gasteiger charge is -2.16. The third-order valence-corrected chi connectivity index (χ3v) is 3.24. The van der Waals surface area contributed by atoms with E-state index in [2.05, 4.69) is 26.8 Å². The second kappa shape index (κ2) is 13.3. The summed E-state index contributed by atoms with van der Waals surface area (Å²) in [5.41, 5.74) is 5.12. The summed E-state index contributed by atoms with van der Waals surface area (Å²) in [6.45, 7) is -4.25. The van der Waals surface area contributed by atoms with Crippen LogP contribution in [-0.4, -0.2) is 104 Å². The maximum atomic E-state index is 11.7. The van der Waals surface area contributed by atoms with Crippen LogP contribution < -0.4 is 11.3 Å². The number of ether oxygens (including phenoxy) is 1. The molecule has 1 aliphatic heterocycles. The Labute approximate surface area is 198 Å². The summed E-state index contributed by atoms with van der Waals surface area (Å²) in [5.74, 6) is -0.101. The quantitative estimate of drug-likeness (QED) is 0.144. The van der Waals surface area contributed by atoms with Crippen molar-refractivity contribution in [2.75, 3.05) is 12.3 Å². The van der Waals surface area contributed by atoms with E-state index in [9.17, 15) is 15.0 Å². The average Bonchev–Trinajstić information content (AvgIpc) is 3.12. The van der Waals surface area contributed by atoms with E-state index in [1.807, 2.05) is 0 Å². The molecule has 0 spiro atoms. The number of H-pyrrole nitrogens is 1. The summed E-state index contributed by atoms with van der Waals surface area (Å²) in [4.78, 5) is 87.6. The minimum Gasteiger partial charge on any atom is -0.394 e. The van der Waals surface area contributed by atoms with E-state index in [-0.39, 0.29) is 17.1 Å². The SMILES string of the molecule is Nc1nc2c(ncn2[C@@H]2O[C@H](CO)[C@@H](O)[C@H]2O)c(=O)[nH]1.O=P(O)(O)O.O=P(O)(O)O.OP(O)(O)=S. The molecule has 21 nitrogen and oxygen atoms in total. The molecule has 1 fully saturated rings. The van der Waals surface area contributed by atoms with Crippen LogP contribution in [0, 0.1) is 0 Å². The fourth-order valence-corrected chi connectivity index (χ4v) is 2.24. The molecule has 0 radical (unpaired) electrons. The number of nitrogen functional groups attached to an aromatic ring is 1. The van der Waals surface area contributed by atoms with Crippen molar-refractivity contribution >= 4 is 51.3 Å². The molecule has 1 aliphatic rings. The van der Waals surface area contributed by atoms with Crippen molar-refractivity contribution in [3.05, 3.63) is 16.7 Å². The summed E-state index contributed by atoms with van der Waals surface area (Å²) in [6, 6.07) is 0. The molecule has 0 unspecified atom stereocenters. The molecular weight excluding hydrogens is 571 g/mol. The van der Waals surface area contributed by atoms with Crippen molar-refractivity contribution in [1.82, 2.24) is 19.5 Å². The van der Waals surface area contributed by atoms with E-state index in [1.165, 1.54) is 10.9 Å². The minimum absolute atomic E-state index is 0.0388. The van der Waals surface area contributed by atoms with Gasteiger partial charge in [-0.3, -0.25) is 14.3 Å². The number of hydrogen-bond donors (Lipinski definition) is 14. The summed E-state index contributed by atoms with van der Waals surface area (Å²) in [5, 5.41) is 28.7. The van der Waals surface area contributed by atoms with Gasteiger partial charge in [-0.1, -0.05) is 0 Å². The van der Waals surface area contributed by atoms with E-state index >= 15 is 0 Å². The van der Waals surface area contributed by atoms with Gasteiger partial charge in [0.05, 0.1) is 12.9 Å². The molecule has 3 heterocycles. The third-order valence-electron chi connectivity index (χ3n) is 3.24. The number of phosphoric acid groups is 2. The zero-order chi connectivity index (χ0) is 27.9. The zero-order valence-corrected chi connectivity index (χ0v) is 20.3. The highest BCUT2D eigenvalue weighted by atomic mass is 32.5. The summed E-state index contributed by atoms with van der Waals surface area (Å²) < 4.78 is 24.4. The lowest BCUT2D eigenvalue weighted by Crippen LogP contribution is -2.33. The van der Waals surface area contributed by atoms with E-state index in [4.69, 9.17) is 68.7 Å². The first kappa shape index (κ1) is 33.7. The molecule has 35 heavy (non-hydrogen) atoms. The lowest BCUT2D eigenvalue weighted by molar-refractivity contribution is -0.0511. The Morgan fingerprint density at radius 3 is 1.83 bits per heavy atom. The number of aromatic amines is 1. The van der Waals surface area contributed by atoms with E-state index < -0.39 is 59.1 Å². The highest BCUT2D eigenvalue weighted by Crippen LogP contribution is 2.31. The van der Waals surface area contributed by atoms with Crippen LogP contribution in [0.15, 0.2) is 11.1 Å². The monoisotopic (exact) mass is 593 g/mol. The zero-order valence-electron chi connectivity index (χ0n) is 16.8. The Hall–Kier alpha value is -1.26. The molecular formula is C10H22N5O16P3S. The van der Waals surface area contributed by atoms with E-state index in [1.54, 1.807) is 0 Å².